The van der Waals surface area contributed by atoms with Crippen molar-refractivity contribution < 1.29 is 23.5 Å². The second-order valence-electron chi connectivity index (χ2n) is 11.6. The number of aromatic hydroxyl groups is 1. The number of fused-ring (bicyclic) bond motifs is 1. The van der Waals surface area contributed by atoms with E-state index in [-0.39, 0.29) is 43.6 Å². The van der Waals surface area contributed by atoms with E-state index in [1.807, 2.05) is 54.4 Å². The highest BCUT2D eigenvalue weighted by atomic mass is 19.2. The van der Waals surface area contributed by atoms with Crippen LogP contribution in [-0.4, -0.2) is 89.3 Å². The second kappa shape index (κ2) is 14.2. The fourth-order valence-electron chi connectivity index (χ4n) is 6.03. The molecule has 2 saturated heterocycles. The molecule has 5 rings (SSSR count). The van der Waals surface area contributed by atoms with Crippen molar-refractivity contribution in [2.75, 3.05) is 45.3 Å². The highest BCUT2D eigenvalue weighted by molar-refractivity contribution is 5.90. The van der Waals surface area contributed by atoms with Crippen LogP contribution in [0.1, 0.15) is 23.6 Å². The van der Waals surface area contributed by atoms with Crippen molar-refractivity contribution in [1.29, 1.82) is 0 Å². The van der Waals surface area contributed by atoms with Crippen LogP contribution in [0.25, 0.3) is 0 Å². The molecule has 45 heavy (non-hydrogen) atoms. The Kier molecular flexibility index (Phi) is 10.1. The molecule has 0 aliphatic carbocycles. The number of hydrogen-bond acceptors (Lipinski definition) is 7. The van der Waals surface area contributed by atoms with Crippen LogP contribution in [0, 0.1) is 11.6 Å². The number of carbonyl (C=O) groups is 2. The Morgan fingerprint density at radius 3 is 2.40 bits per heavy atom. The largest absolute Gasteiger partial charge is 0.508 e. The quantitative estimate of drug-likeness (QED) is 0.317. The van der Waals surface area contributed by atoms with E-state index in [2.05, 4.69) is 10.3 Å². The third-order valence-corrected chi connectivity index (χ3v) is 8.28. The summed E-state index contributed by atoms with van der Waals surface area (Å²) >= 11 is 0. The number of anilines is 1. The van der Waals surface area contributed by atoms with E-state index < -0.39 is 23.8 Å². The lowest BCUT2D eigenvalue weighted by atomic mass is 9.98. The highest BCUT2D eigenvalue weighted by Crippen LogP contribution is 2.31. The molecule has 2 aliphatic rings. The van der Waals surface area contributed by atoms with Crippen LogP contribution >= 0.6 is 0 Å². The number of allylic oxidation sites excluding steroid dienone is 1. The molecule has 3 aromatic rings. The number of amides is 2. The van der Waals surface area contributed by atoms with Gasteiger partial charge in [0.25, 0.3) is 0 Å². The zero-order valence-electron chi connectivity index (χ0n) is 25.9. The van der Waals surface area contributed by atoms with Gasteiger partial charge in [-0.1, -0.05) is 54.6 Å². The van der Waals surface area contributed by atoms with Crippen LogP contribution in [0.2, 0.25) is 0 Å². The normalized spacial score (nSPS) is 19.4. The van der Waals surface area contributed by atoms with Gasteiger partial charge >= 0.3 is 0 Å². The van der Waals surface area contributed by atoms with Crippen LogP contribution in [0.3, 0.4) is 0 Å². The highest BCUT2D eigenvalue weighted by Gasteiger charge is 2.49. The van der Waals surface area contributed by atoms with Gasteiger partial charge in [-0.3, -0.25) is 14.9 Å². The van der Waals surface area contributed by atoms with Crippen LogP contribution in [0.15, 0.2) is 78.9 Å². The first-order chi connectivity index (χ1) is 21.7. The lowest BCUT2D eigenvalue weighted by Crippen LogP contribution is -2.75. The second-order valence-corrected chi connectivity index (χ2v) is 11.6. The molecule has 2 atom stereocenters. The number of nitrogens with one attached hydrogen (secondary N) is 1. The van der Waals surface area contributed by atoms with E-state index in [9.17, 15) is 23.5 Å². The summed E-state index contributed by atoms with van der Waals surface area (Å²) in [5.74, 6) is -2.29. The van der Waals surface area contributed by atoms with E-state index in [0.29, 0.717) is 31.0 Å². The van der Waals surface area contributed by atoms with Crippen LogP contribution in [-0.2, 0) is 29.1 Å². The summed E-state index contributed by atoms with van der Waals surface area (Å²) in [4.78, 5) is 33.1. The summed E-state index contributed by atoms with van der Waals surface area (Å²) in [6.45, 7) is 3.75. The van der Waals surface area contributed by atoms with Gasteiger partial charge in [-0.25, -0.2) is 18.8 Å². The zero-order valence-corrected chi connectivity index (χ0v) is 25.9. The van der Waals surface area contributed by atoms with Crippen LogP contribution in [0.4, 0.5) is 14.5 Å². The average molecular weight is 619 g/mol. The number of piperazine rings is 1. The monoisotopic (exact) mass is 618 g/mol. The molecule has 0 saturated carbocycles. The van der Waals surface area contributed by atoms with E-state index in [1.54, 1.807) is 53.1 Å². The molecule has 2 N–H and O–H groups in total. The molecule has 3 aromatic carbocycles. The molecule has 2 amide bonds. The third kappa shape index (κ3) is 7.33. The molecule has 0 aromatic heterocycles. The molecule has 2 fully saturated rings. The van der Waals surface area contributed by atoms with Gasteiger partial charge in [-0.05, 0) is 41.8 Å². The smallest absolute Gasteiger partial charge is 0.246 e. The van der Waals surface area contributed by atoms with Crippen molar-refractivity contribution in [1.82, 2.24) is 25.1 Å². The van der Waals surface area contributed by atoms with Gasteiger partial charge in [0.1, 0.15) is 18.0 Å². The number of hydrogen-bond donors (Lipinski definition) is 2. The number of phenols is 1. The minimum absolute atomic E-state index is 0.0360. The lowest BCUT2D eigenvalue weighted by Gasteiger charge is -2.55. The number of carbonyl (C=O) groups excluding carboxylic acids is 2. The molecule has 0 bridgehead atoms. The third-order valence-electron chi connectivity index (χ3n) is 8.28. The Labute approximate surface area is 262 Å². The van der Waals surface area contributed by atoms with E-state index >= 15 is 0 Å². The summed E-state index contributed by atoms with van der Waals surface area (Å²) < 4.78 is 28.7. The number of hydrazine groups is 1. The Morgan fingerprint density at radius 1 is 1.00 bits per heavy atom. The molecule has 0 radical (unpaired) electrons. The number of nitrogens with zero attached hydrogens (tertiary/aromatic N) is 5. The van der Waals surface area contributed by atoms with Crippen molar-refractivity contribution in [2.45, 2.75) is 38.6 Å². The topological polar surface area (TPSA) is 82.6 Å². The predicted octanol–water partition coefficient (Wildman–Crippen LogP) is 3.70. The first-order valence-corrected chi connectivity index (χ1v) is 15.1. The SMILES string of the molecule is C/C=C/CN1CC(=O)N2[C@@H](Cc3ccc(O)cc3)C(=O)N(Cc3cc(F)c(F)cc3N(C)C)C[C@@H]2N1CNCc1ccccc1. The zero-order chi connectivity index (χ0) is 32.1. The summed E-state index contributed by atoms with van der Waals surface area (Å²) in [6.07, 6.45) is 3.63. The maximum absolute atomic E-state index is 14.5. The van der Waals surface area contributed by atoms with E-state index in [0.717, 1.165) is 23.3 Å². The molecular weight excluding hydrogens is 578 g/mol. The van der Waals surface area contributed by atoms with Gasteiger partial charge in [0.15, 0.2) is 11.6 Å². The van der Waals surface area contributed by atoms with Crippen molar-refractivity contribution in [2.24, 2.45) is 0 Å². The van der Waals surface area contributed by atoms with E-state index in [4.69, 9.17) is 0 Å². The number of phenolic OH excluding ortho intramolecular Hbond substituents is 1. The van der Waals surface area contributed by atoms with Gasteiger partial charge in [0.05, 0.1) is 19.8 Å². The van der Waals surface area contributed by atoms with Gasteiger partial charge in [-0.2, -0.15) is 0 Å². The predicted molar refractivity (Wildman–Crippen MR) is 169 cm³/mol. The lowest BCUT2D eigenvalue weighted by molar-refractivity contribution is -0.203. The molecule has 238 valence electrons. The molecule has 2 heterocycles. The first kappa shape index (κ1) is 32.1. The summed E-state index contributed by atoms with van der Waals surface area (Å²) in [5.41, 5.74) is 2.83. The Morgan fingerprint density at radius 2 is 1.71 bits per heavy atom. The van der Waals surface area contributed by atoms with E-state index in [1.165, 1.54) is 0 Å². The van der Waals surface area contributed by atoms with Gasteiger partial charge < -0.3 is 19.8 Å². The fourth-order valence-corrected chi connectivity index (χ4v) is 6.03. The standard InChI is InChI=1S/C34H40F2N6O3/c1-4-5-15-40-22-33(44)42-31(16-24-11-13-27(43)14-12-24)34(45)39(20-26-17-28(35)29(36)18-30(26)38(2)3)21-32(42)41(40)23-37-19-25-9-7-6-8-10-25/h4-14,17-18,31-32,37,43H,15-16,19-23H2,1-3H3/b5-4+/t31-,32+/m0/s1. The minimum atomic E-state index is -0.987. The average Bonchev–Trinajstić information content (AvgIpc) is 3.02. The molecule has 2 aliphatic heterocycles. The van der Waals surface area contributed by atoms with Gasteiger partial charge in [-0.15, -0.1) is 0 Å². The van der Waals surface area contributed by atoms with Crippen LogP contribution < -0.4 is 10.2 Å². The number of halogens is 2. The van der Waals surface area contributed by atoms with Crippen molar-refractivity contribution >= 4 is 17.5 Å². The van der Waals surface area contributed by atoms with Crippen molar-refractivity contribution in [3.8, 4) is 5.75 Å². The fraction of sp³-hybridized carbons (Fsp3) is 0.353. The number of benzene rings is 3. The number of rotatable bonds is 11. The molecule has 0 unspecified atom stereocenters. The molecular formula is C34H40F2N6O3. The summed E-state index contributed by atoms with van der Waals surface area (Å²) in [5, 5.41) is 17.4. The Hall–Kier alpha value is -4.32. The molecule has 0 spiro atoms. The minimum Gasteiger partial charge on any atom is -0.508 e. The molecule has 11 heteroatoms. The first-order valence-electron chi connectivity index (χ1n) is 15.1. The van der Waals surface area contributed by atoms with Gasteiger partial charge in [0.2, 0.25) is 11.8 Å². The van der Waals surface area contributed by atoms with Crippen LogP contribution in [0.5, 0.6) is 5.75 Å². The van der Waals surface area contributed by atoms with Crippen molar-refractivity contribution in [3.05, 3.63) is 107 Å². The summed E-state index contributed by atoms with van der Waals surface area (Å²) in [7, 11) is 3.48. The molecule has 9 nitrogen and oxygen atoms in total. The van der Waals surface area contributed by atoms with Crippen molar-refractivity contribution in [3.63, 3.8) is 0 Å². The Balaban J connectivity index is 1.51. The maximum atomic E-state index is 14.5. The summed E-state index contributed by atoms with van der Waals surface area (Å²) in [6, 6.07) is 18.0. The van der Waals surface area contributed by atoms with Gasteiger partial charge in [0, 0.05) is 51.9 Å². The maximum Gasteiger partial charge on any atom is 0.246 e. The Bertz CT molecular complexity index is 1520.